The van der Waals surface area contributed by atoms with Gasteiger partial charge >= 0.3 is 18.0 Å². The minimum atomic E-state index is -4.05. The Morgan fingerprint density at radius 2 is 1.64 bits per heavy atom. The van der Waals surface area contributed by atoms with Crippen molar-refractivity contribution in [2.24, 2.45) is 0 Å². The number of aromatic nitrogens is 4. The Morgan fingerprint density at radius 1 is 0.955 bits per heavy atom. The summed E-state index contributed by atoms with van der Waals surface area (Å²) >= 11 is 0. The number of carbonyl (C=O) groups is 2. The summed E-state index contributed by atoms with van der Waals surface area (Å²) in [5, 5.41) is 5.92. The standard InChI is InChI=1S/C30H27N5O8S/c1-18-9-8-10-20(17-18)31-29(38)34-27(36)24-25(35(21-11-6-5-7-12-21)33-26(24)44(4,39)40)32-30(34)43-23-15-13-22(14-16-23)42-19(2)28(37)41-3/h5-17,19H,1-4H3,(H,31,38). The molecule has 1 atom stereocenters. The molecular weight excluding hydrogens is 590 g/mol. The van der Waals surface area contributed by atoms with Gasteiger partial charge in [0.1, 0.15) is 16.9 Å². The number of amides is 1. The van der Waals surface area contributed by atoms with E-state index < -0.39 is 44.5 Å². The predicted octanol–water partition coefficient (Wildman–Crippen LogP) is 4.11. The van der Waals surface area contributed by atoms with E-state index in [-0.39, 0.29) is 16.8 Å². The predicted molar refractivity (Wildman–Crippen MR) is 160 cm³/mol. The highest BCUT2D eigenvalue weighted by Gasteiger charge is 2.29. The lowest BCUT2D eigenvalue weighted by Gasteiger charge is -2.15. The van der Waals surface area contributed by atoms with Gasteiger partial charge in [0.2, 0.25) is 0 Å². The SMILES string of the molecule is COC(=O)C(C)Oc1ccc(Oc2nc3c(c(S(C)(=O)=O)nn3-c3ccccc3)c(=O)n2C(=O)Nc2cccc(C)c2)cc1. The van der Waals surface area contributed by atoms with Crippen LogP contribution in [0.5, 0.6) is 17.5 Å². The topological polar surface area (TPSA) is 161 Å². The summed E-state index contributed by atoms with van der Waals surface area (Å²) in [5.41, 5.74) is 0.520. The van der Waals surface area contributed by atoms with Crippen molar-refractivity contribution >= 4 is 38.6 Å². The number of hydrogen-bond donors (Lipinski definition) is 1. The molecule has 5 aromatic rings. The van der Waals surface area contributed by atoms with Crippen LogP contribution in [0.3, 0.4) is 0 Å². The Kier molecular flexibility index (Phi) is 8.18. The van der Waals surface area contributed by atoms with Gasteiger partial charge in [-0.1, -0.05) is 30.3 Å². The number of anilines is 1. The lowest BCUT2D eigenvalue weighted by molar-refractivity contribution is -0.147. The molecule has 44 heavy (non-hydrogen) atoms. The lowest BCUT2D eigenvalue weighted by atomic mass is 10.2. The highest BCUT2D eigenvalue weighted by Crippen LogP contribution is 2.27. The fourth-order valence-electron chi connectivity index (χ4n) is 4.29. The zero-order valence-electron chi connectivity index (χ0n) is 24.0. The van der Waals surface area contributed by atoms with Gasteiger partial charge in [0.05, 0.1) is 12.8 Å². The monoisotopic (exact) mass is 617 g/mol. The van der Waals surface area contributed by atoms with Gasteiger partial charge in [0.25, 0.3) is 5.56 Å². The average Bonchev–Trinajstić information content (AvgIpc) is 3.39. The van der Waals surface area contributed by atoms with Gasteiger partial charge in [0, 0.05) is 11.9 Å². The maximum absolute atomic E-state index is 14.0. The van der Waals surface area contributed by atoms with Crippen LogP contribution in [0.25, 0.3) is 16.7 Å². The van der Waals surface area contributed by atoms with Gasteiger partial charge in [-0.25, -0.2) is 22.7 Å². The second-order valence-electron chi connectivity index (χ2n) is 9.71. The Morgan fingerprint density at radius 3 is 2.27 bits per heavy atom. The average molecular weight is 618 g/mol. The summed E-state index contributed by atoms with van der Waals surface area (Å²) in [6.07, 6.45) is 0.0455. The van der Waals surface area contributed by atoms with Crippen LogP contribution < -0.4 is 20.3 Å². The number of aryl methyl sites for hydroxylation is 1. The fraction of sp³-hybridized carbons (Fsp3) is 0.167. The third-order valence-electron chi connectivity index (χ3n) is 6.34. The summed E-state index contributed by atoms with van der Waals surface area (Å²) in [6.45, 7) is 3.36. The van der Waals surface area contributed by atoms with Crippen molar-refractivity contribution in [3.8, 4) is 23.2 Å². The maximum atomic E-state index is 14.0. The first kappa shape index (κ1) is 30.0. The molecule has 0 aliphatic heterocycles. The van der Waals surface area contributed by atoms with Crippen LogP contribution in [0.1, 0.15) is 12.5 Å². The largest absolute Gasteiger partial charge is 0.479 e. The smallest absolute Gasteiger partial charge is 0.346 e. The summed E-state index contributed by atoms with van der Waals surface area (Å²) in [5.74, 6) is -0.0799. The summed E-state index contributed by atoms with van der Waals surface area (Å²) in [4.78, 5) is 43.8. The first-order valence-corrected chi connectivity index (χ1v) is 15.1. The highest BCUT2D eigenvalue weighted by atomic mass is 32.2. The first-order valence-electron chi connectivity index (χ1n) is 13.2. The third kappa shape index (κ3) is 6.15. The van der Waals surface area contributed by atoms with Crippen LogP contribution in [0.15, 0.2) is 88.7 Å². The summed E-state index contributed by atoms with van der Waals surface area (Å²) < 4.78 is 43.5. The van der Waals surface area contributed by atoms with Crippen LogP contribution in [0.4, 0.5) is 10.5 Å². The molecule has 0 spiro atoms. The zero-order chi connectivity index (χ0) is 31.6. The van der Waals surface area contributed by atoms with Crippen LogP contribution >= 0.6 is 0 Å². The Labute approximate surface area is 251 Å². The number of nitrogens with zero attached hydrogens (tertiary/aromatic N) is 4. The molecule has 3 aromatic carbocycles. The number of ether oxygens (including phenoxy) is 3. The molecule has 5 rings (SSSR count). The number of benzene rings is 3. The Balaban J connectivity index is 1.66. The summed E-state index contributed by atoms with van der Waals surface area (Å²) in [6, 6.07) is 20.0. The number of fused-ring (bicyclic) bond motifs is 1. The van der Waals surface area contributed by atoms with Gasteiger partial charge in [-0.05, 0) is 67.9 Å². The van der Waals surface area contributed by atoms with Gasteiger partial charge in [0.15, 0.2) is 26.6 Å². The van der Waals surface area contributed by atoms with Crippen molar-refractivity contribution in [3.63, 3.8) is 0 Å². The molecule has 2 heterocycles. The van der Waals surface area contributed by atoms with E-state index in [4.69, 9.17) is 9.47 Å². The molecule has 0 saturated carbocycles. The number of nitrogens with one attached hydrogen (secondary N) is 1. The molecule has 2 aromatic heterocycles. The number of methoxy groups -OCH3 is 1. The van der Waals surface area contributed by atoms with Gasteiger partial charge in [-0.3, -0.25) is 4.79 Å². The summed E-state index contributed by atoms with van der Waals surface area (Å²) in [7, 11) is -2.80. The van der Waals surface area contributed by atoms with E-state index in [2.05, 4.69) is 20.1 Å². The molecule has 1 unspecified atom stereocenters. The number of carbonyl (C=O) groups excluding carboxylic acids is 2. The quantitative estimate of drug-likeness (QED) is 0.251. The van der Waals surface area contributed by atoms with Crippen molar-refractivity contribution in [1.29, 1.82) is 0 Å². The molecule has 0 aliphatic rings. The van der Waals surface area contributed by atoms with Gasteiger partial charge < -0.3 is 19.5 Å². The molecule has 1 amide bonds. The number of sulfone groups is 1. The first-order chi connectivity index (χ1) is 21.0. The van der Waals surface area contributed by atoms with Crippen LogP contribution in [0.2, 0.25) is 0 Å². The molecule has 0 bridgehead atoms. The molecule has 1 N–H and O–H groups in total. The zero-order valence-corrected chi connectivity index (χ0v) is 24.9. The van der Waals surface area contributed by atoms with Crippen molar-refractivity contribution in [2.45, 2.75) is 25.0 Å². The van der Waals surface area contributed by atoms with Crippen molar-refractivity contribution in [1.82, 2.24) is 19.3 Å². The van der Waals surface area contributed by atoms with Gasteiger partial charge in [-0.2, -0.15) is 14.6 Å². The van der Waals surface area contributed by atoms with E-state index in [9.17, 15) is 22.8 Å². The van der Waals surface area contributed by atoms with Crippen LogP contribution in [-0.2, 0) is 19.4 Å². The van der Waals surface area contributed by atoms with E-state index in [1.807, 2.05) is 13.0 Å². The van der Waals surface area contributed by atoms with Crippen LogP contribution in [0, 0.1) is 6.92 Å². The third-order valence-corrected chi connectivity index (χ3v) is 7.33. The van der Waals surface area contributed by atoms with E-state index in [1.54, 1.807) is 48.5 Å². The van der Waals surface area contributed by atoms with E-state index in [0.717, 1.165) is 11.8 Å². The lowest BCUT2D eigenvalue weighted by Crippen LogP contribution is -2.33. The number of hydrogen-bond acceptors (Lipinski definition) is 10. The normalized spacial score (nSPS) is 12.0. The molecular formula is C30H27N5O8S. The van der Waals surface area contributed by atoms with Crippen LogP contribution in [-0.4, -0.2) is 59.2 Å². The Hall–Kier alpha value is -5.50. The number of rotatable bonds is 8. The number of para-hydroxylation sites is 1. The maximum Gasteiger partial charge on any atom is 0.346 e. The molecule has 0 aliphatic carbocycles. The van der Waals surface area contributed by atoms with Crippen molar-refractivity contribution in [3.05, 3.63) is 94.8 Å². The second kappa shape index (κ2) is 12.0. The van der Waals surface area contributed by atoms with Crippen molar-refractivity contribution in [2.75, 3.05) is 18.7 Å². The molecule has 226 valence electrons. The minimum absolute atomic E-state index is 0.136. The van der Waals surface area contributed by atoms with Crippen molar-refractivity contribution < 1.29 is 32.2 Å². The number of esters is 1. The molecule has 14 heteroatoms. The highest BCUT2D eigenvalue weighted by molar-refractivity contribution is 7.90. The molecule has 13 nitrogen and oxygen atoms in total. The second-order valence-corrected chi connectivity index (χ2v) is 11.6. The molecule has 0 fully saturated rings. The molecule has 0 saturated heterocycles. The minimum Gasteiger partial charge on any atom is -0.479 e. The van der Waals surface area contributed by atoms with E-state index in [1.165, 1.54) is 43.0 Å². The van der Waals surface area contributed by atoms with Gasteiger partial charge in [-0.15, -0.1) is 0 Å². The fourth-order valence-corrected chi connectivity index (χ4v) is 5.07. The molecule has 0 radical (unpaired) electrons. The van der Waals surface area contributed by atoms with E-state index >= 15 is 0 Å². The van der Waals surface area contributed by atoms with E-state index in [0.29, 0.717) is 21.7 Å². The Bertz CT molecular complexity index is 2040.